The Morgan fingerprint density at radius 2 is 1.75 bits per heavy atom. The summed E-state index contributed by atoms with van der Waals surface area (Å²) in [6.07, 6.45) is 6.63. The third-order valence-electron chi connectivity index (χ3n) is 11.5. The molecule has 5 atom stereocenters. The fraction of sp³-hybridized carbons (Fsp3) is 0.523. The van der Waals surface area contributed by atoms with Crippen LogP contribution < -0.4 is 29.7 Å². The van der Waals surface area contributed by atoms with Crippen LogP contribution in [0.2, 0.25) is 0 Å². The lowest BCUT2D eigenvalue weighted by atomic mass is 10.0. The van der Waals surface area contributed by atoms with Gasteiger partial charge < -0.3 is 34.6 Å². The number of hydrogen-bond acceptors (Lipinski definition) is 11. The molecule has 15 nitrogen and oxygen atoms in total. The van der Waals surface area contributed by atoms with Crippen molar-refractivity contribution in [3.05, 3.63) is 60.7 Å². The van der Waals surface area contributed by atoms with E-state index in [2.05, 4.69) is 15.4 Å². The number of carbonyl (C=O) groups is 4. The number of fused-ring (bicyclic) bond motifs is 3. The Morgan fingerprint density at radius 3 is 2.43 bits per heavy atom. The van der Waals surface area contributed by atoms with Gasteiger partial charge in [0.25, 0.3) is 5.91 Å². The average molecular weight is 845 g/mol. The smallest absolute Gasteiger partial charge is 0.408 e. The van der Waals surface area contributed by atoms with Crippen molar-refractivity contribution in [2.24, 2.45) is 5.92 Å². The topological polar surface area (TPSA) is 186 Å². The van der Waals surface area contributed by atoms with Crippen LogP contribution in [0.1, 0.15) is 78.6 Å². The molecular formula is C44H56N6O9S. The first-order chi connectivity index (χ1) is 28.5. The van der Waals surface area contributed by atoms with Gasteiger partial charge in [0.2, 0.25) is 27.7 Å². The van der Waals surface area contributed by atoms with Crippen LogP contribution in [0.4, 0.5) is 10.5 Å². The van der Waals surface area contributed by atoms with E-state index in [0.29, 0.717) is 49.4 Å². The standard InChI is InChI=1S/C44H56N6O9S/c1-43(2,3)59-42(54)46-35-13-11-9-7-8-10-12-29-25-44(29,41(53)48-60(55,56)33-19-20-33)47-38(51)37-24-32(26-50(37)40(35)52)58-39-34-21-16-30(49(4)5)22-28(34)23-36(45-39)27-14-17-31(57-6)18-15-27/h10,12,14-18,21-23,29,32-33,35,37H,7-9,11,13,19-20,24-26H2,1-6H3,(H,46,54)(H,47,51)(H,48,53)/t29-,32?,35+,37+,44-/m1/s1. The Hall–Kier alpha value is -5.38. The first-order valence-corrected chi connectivity index (χ1v) is 22.3. The number of alkyl carbamates (subject to hydrolysis) is 1. The van der Waals surface area contributed by atoms with E-state index in [9.17, 15) is 27.6 Å². The van der Waals surface area contributed by atoms with Gasteiger partial charge in [-0.2, -0.15) is 0 Å². The SMILES string of the molecule is COc1ccc(-c2cc3cc(N(C)C)ccc3c(OC3C[C@H]4C(=O)N[C@]5(C(=O)NS(=O)(=O)C6CC6)C[C@H]5C=CCCCCC[C@H](NC(=O)OC(C)(C)C)C(=O)N4C3)n2)cc1. The molecule has 1 unspecified atom stereocenters. The molecule has 1 aromatic heterocycles. The van der Waals surface area contributed by atoms with Crippen LogP contribution in [0.5, 0.6) is 11.6 Å². The number of aromatic nitrogens is 1. The quantitative estimate of drug-likeness (QED) is 0.240. The van der Waals surface area contributed by atoms with Crippen molar-refractivity contribution >= 4 is 50.3 Å². The summed E-state index contributed by atoms with van der Waals surface area (Å²) in [6, 6.07) is 13.2. The largest absolute Gasteiger partial charge is 0.497 e. The molecule has 7 rings (SSSR count). The van der Waals surface area contributed by atoms with E-state index in [0.717, 1.165) is 34.9 Å². The molecule has 4 aliphatic rings. The van der Waals surface area contributed by atoms with E-state index in [1.165, 1.54) is 4.90 Å². The molecule has 3 N–H and O–H groups in total. The lowest BCUT2D eigenvalue weighted by Crippen LogP contribution is -2.58. The van der Waals surface area contributed by atoms with Gasteiger partial charge in [0.05, 0.1) is 24.6 Å². The number of rotatable bonds is 9. The molecule has 0 spiro atoms. The summed E-state index contributed by atoms with van der Waals surface area (Å²) in [5.74, 6) is -1.36. The Balaban J connectivity index is 1.24. The van der Waals surface area contributed by atoms with Gasteiger partial charge in [0, 0.05) is 43.1 Å². The number of pyridine rings is 1. The van der Waals surface area contributed by atoms with Crippen molar-refractivity contribution in [1.82, 2.24) is 25.2 Å². The summed E-state index contributed by atoms with van der Waals surface area (Å²) in [5.41, 5.74) is 0.0881. The van der Waals surface area contributed by atoms with Gasteiger partial charge in [-0.1, -0.05) is 25.0 Å². The normalized spacial score (nSPS) is 24.9. The maximum atomic E-state index is 14.7. The summed E-state index contributed by atoms with van der Waals surface area (Å²) in [5, 5.41) is 6.63. The molecule has 2 aliphatic carbocycles. The van der Waals surface area contributed by atoms with Crippen LogP contribution in [0.15, 0.2) is 60.7 Å². The molecule has 60 heavy (non-hydrogen) atoms. The highest BCUT2D eigenvalue weighted by Gasteiger charge is 2.62. The van der Waals surface area contributed by atoms with Crippen molar-refractivity contribution < 1.29 is 41.8 Å². The minimum absolute atomic E-state index is 0.0288. The first-order valence-electron chi connectivity index (χ1n) is 20.7. The van der Waals surface area contributed by atoms with Crippen LogP contribution >= 0.6 is 0 Å². The summed E-state index contributed by atoms with van der Waals surface area (Å²) >= 11 is 0. The highest BCUT2D eigenvalue weighted by molar-refractivity contribution is 7.91. The third-order valence-corrected chi connectivity index (χ3v) is 13.3. The third kappa shape index (κ3) is 9.64. The Bertz CT molecular complexity index is 2270. The van der Waals surface area contributed by atoms with Gasteiger partial charge in [-0.05, 0) is 113 Å². The molecule has 2 aromatic carbocycles. The Morgan fingerprint density at radius 1 is 1.00 bits per heavy atom. The number of carbonyl (C=O) groups excluding carboxylic acids is 4. The fourth-order valence-electron chi connectivity index (χ4n) is 7.95. The molecule has 3 fully saturated rings. The van der Waals surface area contributed by atoms with Gasteiger partial charge in [-0.3, -0.25) is 19.1 Å². The predicted molar refractivity (Wildman–Crippen MR) is 227 cm³/mol. The number of hydrogen-bond donors (Lipinski definition) is 3. The molecule has 0 radical (unpaired) electrons. The second kappa shape index (κ2) is 16.9. The molecule has 0 bridgehead atoms. The molecule has 16 heteroatoms. The second-order valence-corrected chi connectivity index (χ2v) is 19.5. The number of ether oxygens (including phenoxy) is 3. The summed E-state index contributed by atoms with van der Waals surface area (Å²) < 4.78 is 45.8. The minimum atomic E-state index is -3.91. The Kier molecular flexibility index (Phi) is 12.1. The lowest BCUT2D eigenvalue weighted by Gasteiger charge is -2.30. The van der Waals surface area contributed by atoms with E-state index in [1.807, 2.05) is 79.7 Å². The second-order valence-electron chi connectivity index (χ2n) is 17.5. The van der Waals surface area contributed by atoms with Gasteiger partial charge in [-0.15, -0.1) is 0 Å². The van der Waals surface area contributed by atoms with Crippen molar-refractivity contribution in [1.29, 1.82) is 0 Å². The van der Waals surface area contributed by atoms with Crippen LogP contribution in [-0.2, 0) is 29.1 Å². The van der Waals surface area contributed by atoms with E-state index in [-0.39, 0.29) is 19.4 Å². The molecular weight excluding hydrogens is 789 g/mol. The number of amides is 4. The average Bonchev–Trinajstić information content (AvgIpc) is 4.12. The zero-order valence-corrected chi connectivity index (χ0v) is 36.0. The summed E-state index contributed by atoms with van der Waals surface area (Å²) in [4.78, 5) is 64.7. The molecule has 322 valence electrons. The van der Waals surface area contributed by atoms with Gasteiger partial charge in [0.1, 0.15) is 35.1 Å². The van der Waals surface area contributed by atoms with Crippen LogP contribution in [0.3, 0.4) is 0 Å². The van der Waals surface area contributed by atoms with Gasteiger partial charge >= 0.3 is 6.09 Å². The molecule has 2 aliphatic heterocycles. The van der Waals surface area contributed by atoms with Crippen molar-refractivity contribution in [3.63, 3.8) is 0 Å². The highest BCUT2D eigenvalue weighted by atomic mass is 32.2. The number of sulfonamides is 1. The zero-order chi connectivity index (χ0) is 43.0. The fourth-order valence-corrected chi connectivity index (χ4v) is 9.31. The first kappa shape index (κ1) is 42.7. The minimum Gasteiger partial charge on any atom is -0.497 e. The number of nitrogens with zero attached hydrogens (tertiary/aromatic N) is 3. The molecule has 2 saturated carbocycles. The van der Waals surface area contributed by atoms with Crippen molar-refractivity contribution in [2.75, 3.05) is 32.6 Å². The van der Waals surface area contributed by atoms with Crippen LogP contribution in [0, 0.1) is 5.92 Å². The highest BCUT2D eigenvalue weighted by Crippen LogP contribution is 2.46. The van der Waals surface area contributed by atoms with Crippen molar-refractivity contribution in [2.45, 2.75) is 113 Å². The molecule has 1 saturated heterocycles. The predicted octanol–water partition coefficient (Wildman–Crippen LogP) is 5.22. The number of allylic oxidation sites excluding steroid dienone is 1. The number of anilines is 1. The maximum absolute atomic E-state index is 14.7. The van der Waals surface area contributed by atoms with Gasteiger partial charge in [-0.25, -0.2) is 18.2 Å². The van der Waals surface area contributed by atoms with Gasteiger partial charge in [0.15, 0.2) is 0 Å². The molecule has 4 amide bonds. The van der Waals surface area contributed by atoms with Crippen molar-refractivity contribution in [3.8, 4) is 22.9 Å². The monoisotopic (exact) mass is 844 g/mol. The molecule has 3 heterocycles. The molecule has 3 aromatic rings. The lowest BCUT2D eigenvalue weighted by molar-refractivity contribution is -0.141. The van der Waals surface area contributed by atoms with E-state index in [1.54, 1.807) is 27.9 Å². The number of nitrogens with one attached hydrogen (secondary N) is 3. The Labute approximate surface area is 351 Å². The number of methoxy groups -OCH3 is 1. The number of benzene rings is 2. The van der Waals surface area contributed by atoms with E-state index in [4.69, 9.17) is 19.2 Å². The summed E-state index contributed by atoms with van der Waals surface area (Å²) in [7, 11) is 1.60. The summed E-state index contributed by atoms with van der Waals surface area (Å²) in [6.45, 7) is 5.17. The van der Waals surface area contributed by atoms with E-state index >= 15 is 0 Å². The zero-order valence-electron chi connectivity index (χ0n) is 35.2. The van der Waals surface area contributed by atoms with Crippen LogP contribution in [-0.4, -0.2) is 104 Å². The maximum Gasteiger partial charge on any atom is 0.408 e. The van der Waals surface area contributed by atoms with Crippen LogP contribution in [0.25, 0.3) is 22.0 Å². The van der Waals surface area contributed by atoms with E-state index < -0.39 is 74.3 Å².